The molecular weight excluding hydrogens is 507 g/mol. The molecule has 2 N–H and O–H groups in total. The van der Waals surface area contributed by atoms with E-state index in [2.05, 4.69) is 25.8 Å². The molecule has 3 rings (SSSR count). The normalized spacial score (nSPS) is 14.1. The fourth-order valence-corrected chi connectivity index (χ4v) is 3.16. The predicted octanol–water partition coefficient (Wildman–Crippen LogP) is 3.08. The highest BCUT2D eigenvalue weighted by molar-refractivity contribution is 14.0. The lowest BCUT2D eigenvalue weighted by atomic mass is 10.2. The lowest BCUT2D eigenvalue weighted by molar-refractivity contribution is -0.127. The number of likely N-dealkylation sites (tertiary alicyclic amines) is 1. The summed E-state index contributed by atoms with van der Waals surface area (Å²) in [6.07, 6.45) is 2.52. The van der Waals surface area contributed by atoms with Gasteiger partial charge in [0.15, 0.2) is 5.96 Å². The number of aromatic nitrogens is 2. The third-order valence-corrected chi connectivity index (χ3v) is 4.57. The molecule has 0 saturated carbocycles. The quantitative estimate of drug-likeness (QED) is 0.235. The first-order valence-corrected chi connectivity index (χ1v) is 9.92. The van der Waals surface area contributed by atoms with E-state index < -0.39 is 0 Å². The number of carbonyl (C=O) groups excluding carboxylic acids is 1. The molecule has 0 aliphatic carbocycles. The van der Waals surface area contributed by atoms with Crippen molar-refractivity contribution in [3.63, 3.8) is 0 Å². The number of aliphatic imine (C=N–C) groups is 1. The van der Waals surface area contributed by atoms with Crippen LogP contribution in [0.4, 0.5) is 0 Å². The van der Waals surface area contributed by atoms with E-state index in [9.17, 15) is 4.79 Å². The molecule has 29 heavy (non-hydrogen) atoms. The van der Waals surface area contributed by atoms with Crippen LogP contribution in [0.1, 0.15) is 32.1 Å². The van der Waals surface area contributed by atoms with Gasteiger partial charge >= 0.3 is 0 Å². The van der Waals surface area contributed by atoms with Crippen LogP contribution in [0.25, 0.3) is 11.4 Å². The summed E-state index contributed by atoms with van der Waals surface area (Å²) in [4.78, 5) is 22.4. The van der Waals surface area contributed by atoms with Crippen molar-refractivity contribution in [2.24, 2.45) is 4.99 Å². The van der Waals surface area contributed by atoms with Crippen molar-refractivity contribution in [1.29, 1.82) is 0 Å². The van der Waals surface area contributed by atoms with Crippen molar-refractivity contribution in [2.45, 2.75) is 32.7 Å². The van der Waals surface area contributed by atoms with Crippen molar-refractivity contribution in [1.82, 2.24) is 25.7 Å². The fourth-order valence-electron chi connectivity index (χ4n) is 2.97. The molecule has 0 radical (unpaired) electrons. The average Bonchev–Trinajstić information content (AvgIpc) is 3.32. The zero-order chi connectivity index (χ0) is 19.8. The van der Waals surface area contributed by atoms with E-state index in [1.807, 2.05) is 24.0 Å². The zero-order valence-electron chi connectivity index (χ0n) is 16.4. The molecule has 10 heteroatoms. The molecule has 1 aliphatic rings. The van der Waals surface area contributed by atoms with Gasteiger partial charge in [-0.1, -0.05) is 28.9 Å². The summed E-state index contributed by atoms with van der Waals surface area (Å²) in [5.41, 5.74) is 0.799. The minimum atomic E-state index is 0. The number of rotatable bonds is 8. The van der Waals surface area contributed by atoms with E-state index in [1.165, 1.54) is 0 Å². The Balaban J connectivity index is 0.00000300. The van der Waals surface area contributed by atoms with Gasteiger partial charge in [0.25, 0.3) is 0 Å². The van der Waals surface area contributed by atoms with Gasteiger partial charge in [-0.05, 0) is 31.9 Å². The number of nitrogens with zero attached hydrogens (tertiary/aromatic N) is 4. The minimum Gasteiger partial charge on any atom is -0.357 e. The number of hydrogen-bond donors (Lipinski definition) is 2. The number of hydrogen-bond acceptors (Lipinski definition) is 5. The molecule has 0 spiro atoms. The second kappa shape index (κ2) is 12.0. The van der Waals surface area contributed by atoms with Crippen molar-refractivity contribution in [3.8, 4) is 11.4 Å². The summed E-state index contributed by atoms with van der Waals surface area (Å²) in [5.74, 6) is 1.85. The maximum absolute atomic E-state index is 11.6. The Hall–Kier alpha value is -1.88. The first-order valence-electron chi connectivity index (χ1n) is 9.54. The van der Waals surface area contributed by atoms with Crippen molar-refractivity contribution in [3.05, 3.63) is 35.2 Å². The van der Waals surface area contributed by atoms with Gasteiger partial charge in [-0.2, -0.15) is 4.98 Å². The van der Waals surface area contributed by atoms with Gasteiger partial charge in [-0.25, -0.2) is 4.99 Å². The van der Waals surface area contributed by atoms with E-state index >= 15 is 0 Å². The van der Waals surface area contributed by atoms with Crippen molar-refractivity contribution < 1.29 is 9.32 Å². The lowest BCUT2D eigenvalue weighted by Gasteiger charge is -2.16. The Morgan fingerprint density at radius 3 is 2.97 bits per heavy atom. The first-order chi connectivity index (χ1) is 13.7. The third-order valence-electron chi connectivity index (χ3n) is 4.34. The average molecular weight is 533 g/mol. The Morgan fingerprint density at radius 2 is 2.24 bits per heavy atom. The summed E-state index contributed by atoms with van der Waals surface area (Å²) < 4.78 is 5.28. The van der Waals surface area contributed by atoms with E-state index in [1.54, 1.807) is 12.1 Å². The molecule has 0 unspecified atom stereocenters. The second-order valence-electron chi connectivity index (χ2n) is 6.48. The van der Waals surface area contributed by atoms with Gasteiger partial charge in [-0.3, -0.25) is 4.79 Å². The van der Waals surface area contributed by atoms with Crippen LogP contribution in [0.5, 0.6) is 0 Å². The highest BCUT2D eigenvalue weighted by Crippen LogP contribution is 2.20. The van der Waals surface area contributed by atoms with Crippen molar-refractivity contribution >= 4 is 47.4 Å². The maximum atomic E-state index is 11.6. The standard InChI is InChI=1S/C19H25ClN6O2.HI/c1-2-21-19(22-9-5-11-26-10-4-8-17(26)27)23-13-16-24-18(25-28-16)14-6-3-7-15(20)12-14;/h3,6-7,12H,2,4-5,8-11,13H2,1H3,(H2,21,22,23);1H. The number of carbonyl (C=O) groups is 1. The molecule has 1 aliphatic heterocycles. The molecule has 2 aromatic rings. The smallest absolute Gasteiger partial charge is 0.248 e. The molecule has 1 saturated heterocycles. The van der Waals surface area contributed by atoms with Gasteiger partial charge in [-0.15, -0.1) is 24.0 Å². The molecule has 8 nitrogen and oxygen atoms in total. The van der Waals surface area contributed by atoms with Crippen LogP contribution in [0.2, 0.25) is 5.02 Å². The number of nitrogens with one attached hydrogen (secondary N) is 2. The van der Waals surface area contributed by atoms with Gasteiger partial charge in [0.2, 0.25) is 17.6 Å². The molecular formula is C19H26ClIN6O2. The highest BCUT2D eigenvalue weighted by atomic mass is 127. The van der Waals surface area contributed by atoms with E-state index in [4.69, 9.17) is 16.1 Å². The Bertz CT molecular complexity index is 829. The highest BCUT2D eigenvalue weighted by Gasteiger charge is 2.19. The molecule has 1 aromatic heterocycles. The summed E-state index contributed by atoms with van der Waals surface area (Å²) in [7, 11) is 0. The SMILES string of the molecule is CCNC(=NCc1nc(-c2cccc(Cl)c2)no1)NCCCN1CCCC1=O.I. The third kappa shape index (κ3) is 7.14. The van der Waals surface area contributed by atoms with Crippen LogP contribution in [0, 0.1) is 0 Å². The lowest BCUT2D eigenvalue weighted by Crippen LogP contribution is -2.39. The molecule has 158 valence electrons. The molecule has 1 fully saturated rings. The predicted molar refractivity (Wildman–Crippen MR) is 123 cm³/mol. The van der Waals surface area contributed by atoms with Crippen LogP contribution < -0.4 is 10.6 Å². The minimum absolute atomic E-state index is 0. The number of benzene rings is 1. The van der Waals surface area contributed by atoms with Gasteiger partial charge in [0.05, 0.1) is 0 Å². The van der Waals surface area contributed by atoms with E-state index in [0.717, 1.165) is 44.6 Å². The summed E-state index contributed by atoms with van der Waals surface area (Å²) in [6, 6.07) is 7.30. The van der Waals surface area contributed by atoms with Crippen LogP contribution in [0.15, 0.2) is 33.8 Å². The summed E-state index contributed by atoms with van der Waals surface area (Å²) in [5, 5.41) is 11.1. The van der Waals surface area contributed by atoms with Gasteiger partial charge in [0, 0.05) is 43.2 Å². The monoisotopic (exact) mass is 532 g/mol. The topological polar surface area (TPSA) is 95.7 Å². The summed E-state index contributed by atoms with van der Waals surface area (Å²) >= 11 is 6.00. The van der Waals surface area contributed by atoms with E-state index in [-0.39, 0.29) is 36.4 Å². The van der Waals surface area contributed by atoms with Crippen molar-refractivity contribution in [2.75, 3.05) is 26.2 Å². The first kappa shape index (κ1) is 23.4. The van der Waals surface area contributed by atoms with Crippen LogP contribution in [-0.4, -0.2) is 53.1 Å². The second-order valence-corrected chi connectivity index (χ2v) is 6.92. The number of amides is 1. The molecule has 1 amide bonds. The largest absolute Gasteiger partial charge is 0.357 e. The molecule has 1 aromatic carbocycles. The Labute approximate surface area is 192 Å². The van der Waals surface area contributed by atoms with Crippen LogP contribution in [-0.2, 0) is 11.3 Å². The molecule has 2 heterocycles. The number of halogens is 2. The zero-order valence-corrected chi connectivity index (χ0v) is 19.4. The molecule has 0 atom stereocenters. The fraction of sp³-hybridized carbons (Fsp3) is 0.474. The maximum Gasteiger partial charge on any atom is 0.248 e. The van der Waals surface area contributed by atoms with Crippen LogP contribution >= 0.6 is 35.6 Å². The van der Waals surface area contributed by atoms with Crippen LogP contribution in [0.3, 0.4) is 0 Å². The van der Waals surface area contributed by atoms with Gasteiger partial charge < -0.3 is 20.1 Å². The summed E-state index contributed by atoms with van der Waals surface area (Å²) in [6.45, 7) is 5.40. The number of guanidine groups is 1. The van der Waals surface area contributed by atoms with Gasteiger partial charge in [0.1, 0.15) is 6.54 Å². The Kier molecular flexibility index (Phi) is 9.65. The van der Waals surface area contributed by atoms with E-state index in [0.29, 0.717) is 29.1 Å². The molecule has 0 bridgehead atoms. The Morgan fingerprint density at radius 1 is 1.38 bits per heavy atom.